The maximum atomic E-state index is 11.9. The topological polar surface area (TPSA) is 43.1 Å². The molecular formula is C16H13NO. The first-order valence-corrected chi connectivity index (χ1v) is 5.95. The minimum absolute atomic E-state index is 0.0167. The molecule has 0 saturated heterocycles. The number of hydrogen-bond donors (Lipinski definition) is 1. The van der Waals surface area contributed by atoms with Gasteiger partial charge in [0.25, 0.3) is 0 Å². The molecule has 18 heavy (non-hydrogen) atoms. The Morgan fingerprint density at radius 3 is 2.22 bits per heavy atom. The third-order valence-electron chi connectivity index (χ3n) is 3.25. The zero-order valence-corrected chi connectivity index (χ0v) is 9.89. The zero-order chi connectivity index (χ0) is 12.5. The molecule has 0 aliphatic rings. The van der Waals surface area contributed by atoms with E-state index in [1.165, 1.54) is 5.39 Å². The number of carbonyl (C=O) groups is 1. The first-order valence-electron chi connectivity index (χ1n) is 5.95. The Morgan fingerprint density at radius 2 is 1.50 bits per heavy atom. The molecule has 3 rings (SSSR count). The van der Waals surface area contributed by atoms with Crippen LogP contribution < -0.4 is 5.73 Å². The third kappa shape index (κ3) is 1.59. The van der Waals surface area contributed by atoms with Crippen LogP contribution in [0.15, 0.2) is 54.6 Å². The monoisotopic (exact) mass is 235 g/mol. The van der Waals surface area contributed by atoms with Gasteiger partial charge in [-0.3, -0.25) is 4.79 Å². The molecule has 0 aromatic heterocycles. The van der Waals surface area contributed by atoms with Crippen LogP contribution in [0.25, 0.3) is 21.5 Å². The molecule has 3 aromatic rings. The molecule has 0 spiro atoms. The van der Waals surface area contributed by atoms with E-state index in [-0.39, 0.29) is 12.3 Å². The first-order chi connectivity index (χ1) is 8.81. The van der Waals surface area contributed by atoms with Crippen LogP contribution in [0.1, 0.15) is 10.4 Å². The number of fused-ring (bicyclic) bond motifs is 3. The Morgan fingerprint density at radius 1 is 0.889 bits per heavy atom. The quantitative estimate of drug-likeness (QED) is 0.547. The largest absolute Gasteiger partial charge is 0.324 e. The normalized spacial score (nSPS) is 10.9. The molecule has 2 N–H and O–H groups in total. The van der Waals surface area contributed by atoms with Crippen LogP contribution in [0.2, 0.25) is 0 Å². The van der Waals surface area contributed by atoms with E-state index in [9.17, 15) is 4.79 Å². The molecule has 0 aliphatic carbocycles. The summed E-state index contributed by atoms with van der Waals surface area (Å²) >= 11 is 0. The van der Waals surface area contributed by atoms with Gasteiger partial charge in [0.2, 0.25) is 0 Å². The highest BCUT2D eigenvalue weighted by Crippen LogP contribution is 2.28. The molecule has 0 unspecified atom stereocenters. The molecule has 0 amide bonds. The summed E-state index contributed by atoms with van der Waals surface area (Å²) in [6.07, 6.45) is 0. The van der Waals surface area contributed by atoms with Gasteiger partial charge in [0.15, 0.2) is 5.78 Å². The summed E-state index contributed by atoms with van der Waals surface area (Å²) in [5.41, 5.74) is 6.20. The van der Waals surface area contributed by atoms with E-state index in [1.807, 2.05) is 48.5 Å². The number of Topliss-reactive ketones (excluding diaryl/α,β-unsaturated/α-hetero) is 1. The van der Waals surface area contributed by atoms with Crippen molar-refractivity contribution in [1.82, 2.24) is 0 Å². The van der Waals surface area contributed by atoms with E-state index in [1.54, 1.807) is 0 Å². The molecular weight excluding hydrogens is 222 g/mol. The second kappa shape index (κ2) is 4.24. The minimum Gasteiger partial charge on any atom is -0.324 e. The second-order valence-electron chi connectivity index (χ2n) is 4.32. The van der Waals surface area contributed by atoms with E-state index >= 15 is 0 Å². The second-order valence-corrected chi connectivity index (χ2v) is 4.32. The Bertz CT molecular complexity index is 746. The van der Waals surface area contributed by atoms with Crippen molar-refractivity contribution in [1.29, 1.82) is 0 Å². The van der Waals surface area contributed by atoms with E-state index in [2.05, 4.69) is 6.07 Å². The Hall–Kier alpha value is -2.19. The zero-order valence-electron chi connectivity index (χ0n) is 9.89. The molecule has 3 aromatic carbocycles. The van der Waals surface area contributed by atoms with Crippen molar-refractivity contribution in [3.63, 3.8) is 0 Å². The smallest absolute Gasteiger partial charge is 0.177 e. The molecule has 2 nitrogen and oxygen atoms in total. The van der Waals surface area contributed by atoms with Gasteiger partial charge in [-0.25, -0.2) is 0 Å². The lowest BCUT2D eigenvalue weighted by molar-refractivity contribution is 0.100. The van der Waals surface area contributed by atoms with Crippen LogP contribution >= 0.6 is 0 Å². The summed E-state index contributed by atoms with van der Waals surface area (Å²) < 4.78 is 0. The SMILES string of the molecule is NCC(=O)c1cc2ccccc2c2ccccc12. The van der Waals surface area contributed by atoms with E-state index in [0.29, 0.717) is 5.56 Å². The summed E-state index contributed by atoms with van der Waals surface area (Å²) in [6.45, 7) is 0.0440. The summed E-state index contributed by atoms with van der Waals surface area (Å²) in [5.74, 6) is -0.0167. The molecule has 88 valence electrons. The third-order valence-corrected chi connectivity index (χ3v) is 3.25. The van der Waals surface area contributed by atoms with Gasteiger partial charge in [0.05, 0.1) is 6.54 Å². The van der Waals surface area contributed by atoms with Gasteiger partial charge >= 0.3 is 0 Å². The van der Waals surface area contributed by atoms with Crippen LogP contribution in [0.3, 0.4) is 0 Å². The summed E-state index contributed by atoms with van der Waals surface area (Å²) in [6, 6.07) is 18.0. The van der Waals surface area contributed by atoms with Crippen molar-refractivity contribution in [2.75, 3.05) is 6.54 Å². The lowest BCUT2D eigenvalue weighted by atomic mass is 9.95. The van der Waals surface area contributed by atoms with Crippen LogP contribution in [-0.4, -0.2) is 12.3 Å². The molecule has 2 heteroatoms. The highest BCUT2D eigenvalue weighted by atomic mass is 16.1. The van der Waals surface area contributed by atoms with Crippen LogP contribution in [0.4, 0.5) is 0 Å². The number of nitrogens with two attached hydrogens (primary N) is 1. The van der Waals surface area contributed by atoms with Gasteiger partial charge < -0.3 is 5.73 Å². The van der Waals surface area contributed by atoms with Gasteiger partial charge in [-0.15, -0.1) is 0 Å². The fraction of sp³-hybridized carbons (Fsp3) is 0.0625. The molecule has 0 radical (unpaired) electrons. The van der Waals surface area contributed by atoms with Crippen molar-refractivity contribution >= 4 is 27.3 Å². The average molecular weight is 235 g/mol. The average Bonchev–Trinajstić information content (AvgIpc) is 2.45. The fourth-order valence-electron chi connectivity index (χ4n) is 2.39. The first kappa shape index (κ1) is 10.9. The van der Waals surface area contributed by atoms with Gasteiger partial charge in [0, 0.05) is 5.56 Å². The minimum atomic E-state index is -0.0167. The number of rotatable bonds is 2. The van der Waals surface area contributed by atoms with Gasteiger partial charge in [0.1, 0.15) is 0 Å². The fourth-order valence-corrected chi connectivity index (χ4v) is 2.39. The molecule has 0 atom stereocenters. The van der Waals surface area contributed by atoms with Crippen LogP contribution in [-0.2, 0) is 0 Å². The molecule has 0 fully saturated rings. The van der Waals surface area contributed by atoms with Gasteiger partial charge in [-0.2, -0.15) is 0 Å². The maximum absolute atomic E-state index is 11.9. The van der Waals surface area contributed by atoms with Crippen molar-refractivity contribution in [3.05, 3.63) is 60.2 Å². The summed E-state index contributed by atoms with van der Waals surface area (Å²) in [5, 5.41) is 4.33. The molecule has 0 saturated carbocycles. The van der Waals surface area contributed by atoms with E-state index in [0.717, 1.165) is 16.2 Å². The van der Waals surface area contributed by atoms with E-state index in [4.69, 9.17) is 5.73 Å². The van der Waals surface area contributed by atoms with Crippen molar-refractivity contribution < 1.29 is 4.79 Å². The Kier molecular flexibility index (Phi) is 2.58. The highest BCUT2D eigenvalue weighted by molar-refractivity contribution is 6.17. The summed E-state index contributed by atoms with van der Waals surface area (Å²) in [4.78, 5) is 11.9. The van der Waals surface area contributed by atoms with Crippen LogP contribution in [0.5, 0.6) is 0 Å². The van der Waals surface area contributed by atoms with Gasteiger partial charge in [-0.05, 0) is 27.6 Å². The summed E-state index contributed by atoms with van der Waals surface area (Å²) in [7, 11) is 0. The maximum Gasteiger partial charge on any atom is 0.177 e. The number of ketones is 1. The lowest BCUT2D eigenvalue weighted by Gasteiger charge is -2.08. The number of carbonyl (C=O) groups excluding carboxylic acids is 1. The number of benzene rings is 3. The predicted octanol–water partition coefficient (Wildman–Crippen LogP) is 3.13. The standard InChI is InChI=1S/C16H13NO/c17-10-16(18)15-9-11-5-1-2-6-12(11)13-7-3-4-8-14(13)15/h1-9H,10,17H2. The number of hydrogen-bond acceptors (Lipinski definition) is 2. The van der Waals surface area contributed by atoms with Crippen LogP contribution in [0, 0.1) is 0 Å². The predicted molar refractivity (Wildman–Crippen MR) is 74.8 cm³/mol. The van der Waals surface area contributed by atoms with Crippen molar-refractivity contribution in [2.45, 2.75) is 0 Å². The highest BCUT2D eigenvalue weighted by Gasteiger charge is 2.10. The molecule has 0 aliphatic heterocycles. The lowest BCUT2D eigenvalue weighted by Crippen LogP contribution is -2.13. The van der Waals surface area contributed by atoms with E-state index < -0.39 is 0 Å². The Labute approximate surface area is 105 Å². The molecule has 0 heterocycles. The Balaban J connectivity index is 2.50. The van der Waals surface area contributed by atoms with Crippen molar-refractivity contribution in [2.24, 2.45) is 5.73 Å². The molecule has 0 bridgehead atoms. The van der Waals surface area contributed by atoms with Crippen molar-refractivity contribution in [3.8, 4) is 0 Å². The van der Waals surface area contributed by atoms with Gasteiger partial charge in [-0.1, -0.05) is 48.5 Å².